The Bertz CT molecular complexity index is 1400. The van der Waals surface area contributed by atoms with E-state index in [0.717, 1.165) is 28.5 Å². The second-order valence-electron chi connectivity index (χ2n) is 8.48. The number of amides is 1. The quantitative estimate of drug-likeness (QED) is 0.406. The zero-order valence-corrected chi connectivity index (χ0v) is 19.7. The highest BCUT2D eigenvalue weighted by molar-refractivity contribution is 6.30. The number of nitrogens with zero attached hydrogens (tertiary/aromatic N) is 3. The number of aryl methyl sites for hydroxylation is 1. The molecular weight excluding hydrogens is 466 g/mol. The molecule has 0 bridgehead atoms. The second kappa shape index (κ2) is 9.80. The van der Waals surface area contributed by atoms with Crippen LogP contribution < -0.4 is 4.74 Å². The van der Waals surface area contributed by atoms with E-state index in [-0.39, 0.29) is 12.3 Å². The fourth-order valence-corrected chi connectivity index (χ4v) is 4.90. The van der Waals surface area contributed by atoms with E-state index in [1.807, 2.05) is 52.0 Å². The number of carboxylic acid groups (broad SMARTS) is 1. The Kier molecular flexibility index (Phi) is 6.42. The summed E-state index contributed by atoms with van der Waals surface area (Å²) < 4.78 is 7.45. The fraction of sp³-hybridized carbons (Fsp3) is 0.222. The summed E-state index contributed by atoms with van der Waals surface area (Å²) in [6, 6.07) is 20.5. The molecule has 1 atom stereocenters. The molecule has 7 nitrogen and oxygen atoms in total. The van der Waals surface area contributed by atoms with Crippen molar-refractivity contribution in [3.63, 3.8) is 0 Å². The molecule has 35 heavy (non-hydrogen) atoms. The van der Waals surface area contributed by atoms with Gasteiger partial charge in [-0.05, 0) is 41.8 Å². The number of para-hydroxylation sites is 1. The maximum Gasteiger partial charge on any atom is 0.341 e. The molecule has 1 N–H and O–H groups in total. The summed E-state index contributed by atoms with van der Waals surface area (Å²) in [6.45, 7) is 0.504. The van der Waals surface area contributed by atoms with Gasteiger partial charge in [0.15, 0.2) is 6.61 Å². The van der Waals surface area contributed by atoms with Crippen LogP contribution in [0.3, 0.4) is 0 Å². The van der Waals surface area contributed by atoms with Crippen LogP contribution in [0.25, 0.3) is 10.9 Å². The van der Waals surface area contributed by atoms with Gasteiger partial charge in [0.1, 0.15) is 5.75 Å². The van der Waals surface area contributed by atoms with Crippen LogP contribution >= 0.6 is 11.6 Å². The van der Waals surface area contributed by atoms with Gasteiger partial charge in [-0.1, -0.05) is 54.1 Å². The fourth-order valence-electron chi connectivity index (χ4n) is 4.72. The largest absolute Gasteiger partial charge is 0.482 e. The van der Waals surface area contributed by atoms with Crippen LogP contribution in [0.5, 0.6) is 5.75 Å². The highest BCUT2D eigenvalue weighted by atomic mass is 35.5. The predicted molar refractivity (Wildman–Crippen MR) is 133 cm³/mol. The molecular formula is C27H24ClN3O4. The van der Waals surface area contributed by atoms with Crippen molar-refractivity contribution in [1.82, 2.24) is 14.7 Å². The minimum absolute atomic E-state index is 0.0201. The molecule has 1 aliphatic heterocycles. The number of aliphatic carboxylic acids is 1. The van der Waals surface area contributed by atoms with Gasteiger partial charge >= 0.3 is 5.97 Å². The molecule has 0 saturated carbocycles. The molecule has 178 valence electrons. The summed E-state index contributed by atoms with van der Waals surface area (Å²) in [6.07, 6.45) is 2.81. The number of benzene rings is 3. The highest BCUT2D eigenvalue weighted by Crippen LogP contribution is 2.40. The first-order chi connectivity index (χ1) is 17.0. The summed E-state index contributed by atoms with van der Waals surface area (Å²) >= 11 is 6.35. The number of hydrogen-bond acceptors (Lipinski definition) is 4. The Morgan fingerprint density at radius 2 is 1.86 bits per heavy atom. The minimum atomic E-state index is -1.07. The van der Waals surface area contributed by atoms with Crippen molar-refractivity contribution in [1.29, 1.82) is 0 Å². The average Bonchev–Trinajstić information content (AvgIpc) is 3.29. The summed E-state index contributed by atoms with van der Waals surface area (Å²) in [5, 5.41) is 15.1. The van der Waals surface area contributed by atoms with E-state index in [1.165, 1.54) is 0 Å². The molecule has 8 heteroatoms. The Labute approximate surface area is 207 Å². The topological polar surface area (TPSA) is 84.7 Å². The van der Waals surface area contributed by atoms with Gasteiger partial charge in [-0.25, -0.2) is 4.79 Å². The zero-order chi connectivity index (χ0) is 24.4. The van der Waals surface area contributed by atoms with E-state index < -0.39 is 18.6 Å². The van der Waals surface area contributed by atoms with Crippen molar-refractivity contribution < 1.29 is 19.4 Å². The number of halogens is 1. The maximum absolute atomic E-state index is 13.6. The smallest absolute Gasteiger partial charge is 0.341 e. The third-order valence-corrected chi connectivity index (χ3v) is 6.54. The van der Waals surface area contributed by atoms with Crippen molar-refractivity contribution in [2.75, 3.05) is 13.2 Å². The van der Waals surface area contributed by atoms with E-state index in [2.05, 4.69) is 11.2 Å². The van der Waals surface area contributed by atoms with Gasteiger partial charge in [0.2, 0.25) is 5.91 Å². The molecule has 0 aliphatic carbocycles. The predicted octanol–water partition coefficient (Wildman–Crippen LogP) is 4.72. The molecule has 2 heterocycles. The molecule has 1 amide bonds. The number of carboxylic acids is 1. The first-order valence-corrected chi connectivity index (χ1v) is 11.8. The lowest BCUT2D eigenvalue weighted by Crippen LogP contribution is -2.41. The molecule has 0 fully saturated rings. The number of aromatic nitrogens is 2. The van der Waals surface area contributed by atoms with Crippen LogP contribution in [-0.4, -0.2) is 44.8 Å². The number of fused-ring (bicyclic) bond motifs is 2. The Morgan fingerprint density at radius 3 is 2.71 bits per heavy atom. The number of carbonyl (C=O) groups excluding carboxylic acids is 1. The summed E-state index contributed by atoms with van der Waals surface area (Å²) in [4.78, 5) is 26.6. The first kappa shape index (κ1) is 22.9. The Hall–Kier alpha value is -3.84. The molecule has 0 spiro atoms. The van der Waals surface area contributed by atoms with E-state index in [9.17, 15) is 9.59 Å². The third-order valence-electron chi connectivity index (χ3n) is 6.31. The number of carbonyl (C=O) groups is 2. The number of rotatable bonds is 7. The number of hydrogen-bond donors (Lipinski definition) is 1. The van der Waals surface area contributed by atoms with Gasteiger partial charge < -0.3 is 14.7 Å². The van der Waals surface area contributed by atoms with Crippen LogP contribution in [0.2, 0.25) is 5.02 Å². The van der Waals surface area contributed by atoms with Crippen molar-refractivity contribution in [2.24, 2.45) is 0 Å². The van der Waals surface area contributed by atoms with Gasteiger partial charge in [0.05, 0.1) is 24.3 Å². The standard InChI is InChI=1S/C27H24ClN3O4/c28-20-9-10-24(35-17-26(33)34)22(15-20)27-21-7-3-1-5-18(21)11-13-30(27)25(32)12-14-31-23-8-4-2-6-19(23)16-29-31/h1-10,15-16,27H,11-14,17H2,(H,33,34). The lowest BCUT2D eigenvalue weighted by molar-refractivity contribution is -0.139. The van der Waals surface area contributed by atoms with Crippen molar-refractivity contribution in [3.05, 3.63) is 94.6 Å². The highest BCUT2D eigenvalue weighted by Gasteiger charge is 2.34. The van der Waals surface area contributed by atoms with Crippen molar-refractivity contribution in [2.45, 2.75) is 25.4 Å². The summed E-state index contributed by atoms with van der Waals surface area (Å²) in [5.74, 6) is -0.697. The molecule has 3 aromatic carbocycles. The molecule has 0 saturated heterocycles. The first-order valence-electron chi connectivity index (χ1n) is 11.4. The van der Waals surface area contributed by atoms with Gasteiger partial charge in [-0.3, -0.25) is 9.48 Å². The second-order valence-corrected chi connectivity index (χ2v) is 8.92. The lowest BCUT2D eigenvalue weighted by Gasteiger charge is -2.38. The van der Waals surface area contributed by atoms with Crippen molar-refractivity contribution in [3.8, 4) is 5.75 Å². The van der Waals surface area contributed by atoms with E-state index in [4.69, 9.17) is 21.4 Å². The van der Waals surface area contributed by atoms with Gasteiger partial charge in [0.25, 0.3) is 0 Å². The zero-order valence-electron chi connectivity index (χ0n) is 18.9. The molecule has 4 aromatic rings. The van der Waals surface area contributed by atoms with E-state index in [1.54, 1.807) is 24.4 Å². The van der Waals surface area contributed by atoms with Crippen LogP contribution in [0.15, 0.2) is 72.9 Å². The lowest BCUT2D eigenvalue weighted by atomic mass is 9.87. The van der Waals surface area contributed by atoms with Gasteiger partial charge in [-0.15, -0.1) is 0 Å². The summed E-state index contributed by atoms with van der Waals surface area (Å²) in [7, 11) is 0. The third kappa shape index (κ3) is 4.72. The average molecular weight is 490 g/mol. The Balaban J connectivity index is 1.48. The molecule has 1 unspecified atom stereocenters. The van der Waals surface area contributed by atoms with Crippen LogP contribution in [-0.2, 0) is 22.6 Å². The van der Waals surface area contributed by atoms with Crippen LogP contribution in [0, 0.1) is 0 Å². The minimum Gasteiger partial charge on any atom is -0.482 e. The SMILES string of the molecule is O=C(O)COc1ccc(Cl)cc1C1c2ccccc2CCN1C(=O)CCn1ncc2ccccc21. The number of ether oxygens (including phenoxy) is 1. The summed E-state index contributed by atoms with van der Waals surface area (Å²) in [5.41, 5.74) is 3.78. The van der Waals surface area contributed by atoms with Gasteiger partial charge in [-0.2, -0.15) is 5.10 Å². The van der Waals surface area contributed by atoms with Gasteiger partial charge in [0, 0.05) is 28.9 Å². The monoisotopic (exact) mass is 489 g/mol. The molecule has 5 rings (SSSR count). The van der Waals surface area contributed by atoms with Crippen molar-refractivity contribution >= 4 is 34.4 Å². The van der Waals surface area contributed by atoms with Crippen LogP contribution in [0.4, 0.5) is 0 Å². The van der Waals surface area contributed by atoms with Crippen LogP contribution in [0.1, 0.15) is 29.2 Å². The Morgan fingerprint density at radius 1 is 1.06 bits per heavy atom. The van der Waals surface area contributed by atoms with E-state index in [0.29, 0.717) is 29.4 Å². The molecule has 1 aliphatic rings. The normalized spacial score (nSPS) is 15.1. The molecule has 1 aromatic heterocycles. The van der Waals surface area contributed by atoms with E-state index >= 15 is 0 Å². The molecule has 0 radical (unpaired) electrons. The maximum atomic E-state index is 13.6.